The first-order valence-electron chi connectivity index (χ1n) is 13.8. The van der Waals surface area contributed by atoms with Gasteiger partial charge in [0.25, 0.3) is 0 Å². The predicted octanol–water partition coefficient (Wildman–Crippen LogP) is 2.76. The van der Waals surface area contributed by atoms with E-state index < -0.39 is 6.09 Å². The fourth-order valence-corrected chi connectivity index (χ4v) is 6.04. The molecule has 4 aliphatic heterocycles. The van der Waals surface area contributed by atoms with Crippen LogP contribution in [0.4, 0.5) is 27.8 Å². The van der Waals surface area contributed by atoms with E-state index in [1.807, 2.05) is 42.3 Å². The quantitative estimate of drug-likeness (QED) is 0.482. The smallest absolute Gasteiger partial charge is 0.412 e. The summed E-state index contributed by atoms with van der Waals surface area (Å²) < 4.78 is 10.9. The van der Waals surface area contributed by atoms with Gasteiger partial charge in [-0.05, 0) is 36.6 Å². The van der Waals surface area contributed by atoms with Gasteiger partial charge in [0.05, 0.1) is 55.7 Å². The van der Waals surface area contributed by atoms with Crippen molar-refractivity contribution in [2.75, 3.05) is 61.1 Å². The van der Waals surface area contributed by atoms with E-state index in [2.05, 4.69) is 20.2 Å². The maximum absolute atomic E-state index is 12.6. The van der Waals surface area contributed by atoms with Crippen molar-refractivity contribution >= 4 is 35.0 Å². The number of rotatable bonds is 5. The molecule has 0 bridgehead atoms. The summed E-state index contributed by atoms with van der Waals surface area (Å²) in [5.74, 6) is 0.992. The number of nitrogens with one attached hydrogen (secondary N) is 1. The van der Waals surface area contributed by atoms with Gasteiger partial charge in [0.2, 0.25) is 17.7 Å². The van der Waals surface area contributed by atoms with Gasteiger partial charge in [0.1, 0.15) is 12.3 Å². The first kappa shape index (κ1) is 25.5. The van der Waals surface area contributed by atoms with E-state index >= 15 is 0 Å². The second kappa shape index (κ2) is 9.88. The molecule has 41 heavy (non-hydrogen) atoms. The number of pyridine rings is 1. The van der Waals surface area contributed by atoms with Gasteiger partial charge < -0.3 is 29.7 Å². The highest BCUT2D eigenvalue weighted by Crippen LogP contribution is 2.39. The zero-order valence-electron chi connectivity index (χ0n) is 22.8. The molecule has 2 fully saturated rings. The van der Waals surface area contributed by atoms with E-state index in [0.29, 0.717) is 30.5 Å². The number of anilines is 4. The molecule has 3 aromatic rings. The summed E-state index contributed by atoms with van der Waals surface area (Å²) in [4.78, 5) is 43.6. The Labute approximate surface area is 236 Å². The standard InChI is InChI=1S/C29H31N7O5/c1-18-23(12-30-26-25(18)36(28(38)39)8-9-41-26)34-7-6-20-11-31-27(33-22(20)13-34)32-21-4-2-19(3-5-21)10-24(37)35-14-29(15-35)16-40-17-29/h2-5,11-12H,6-10,13-17H2,1H3,(H,38,39)(H,31,32,33). The minimum absolute atomic E-state index is 0.151. The molecule has 2 N–H and O–H groups in total. The molecule has 0 radical (unpaired) electrons. The number of hydrogen-bond acceptors (Lipinski definition) is 9. The summed E-state index contributed by atoms with van der Waals surface area (Å²) in [5.41, 5.74) is 6.20. The molecule has 0 saturated carbocycles. The van der Waals surface area contributed by atoms with Gasteiger partial charge in [-0.25, -0.2) is 19.7 Å². The Balaban J connectivity index is 1.02. The number of ether oxygens (including phenoxy) is 2. The topological polar surface area (TPSA) is 133 Å². The monoisotopic (exact) mass is 557 g/mol. The summed E-state index contributed by atoms with van der Waals surface area (Å²) in [6.07, 6.45) is 3.74. The van der Waals surface area contributed by atoms with Gasteiger partial charge in [0, 0.05) is 37.1 Å². The van der Waals surface area contributed by atoms with Gasteiger partial charge in [-0.2, -0.15) is 0 Å². The first-order chi connectivity index (χ1) is 19.9. The highest BCUT2D eigenvalue weighted by Gasteiger charge is 2.50. The molecule has 0 unspecified atom stereocenters. The van der Waals surface area contributed by atoms with Crippen molar-refractivity contribution in [1.82, 2.24) is 19.9 Å². The Bertz CT molecular complexity index is 1520. The molecule has 0 atom stereocenters. The van der Waals surface area contributed by atoms with Crippen LogP contribution in [-0.2, 0) is 28.9 Å². The fourth-order valence-electron chi connectivity index (χ4n) is 6.04. The Hall–Kier alpha value is -4.45. The summed E-state index contributed by atoms with van der Waals surface area (Å²) in [6, 6.07) is 7.79. The number of aromatic nitrogens is 3. The van der Waals surface area contributed by atoms with Crippen LogP contribution in [0, 0.1) is 12.3 Å². The number of carbonyl (C=O) groups excluding carboxylic acids is 1. The summed E-state index contributed by atoms with van der Waals surface area (Å²) in [5, 5.41) is 13.0. The van der Waals surface area contributed by atoms with E-state index in [0.717, 1.165) is 73.0 Å². The highest BCUT2D eigenvalue weighted by molar-refractivity contribution is 5.91. The zero-order chi connectivity index (χ0) is 28.1. The molecule has 4 aliphatic rings. The lowest BCUT2D eigenvalue weighted by atomic mass is 9.78. The van der Waals surface area contributed by atoms with E-state index in [-0.39, 0.29) is 24.5 Å². The molecular formula is C29H31N7O5. The molecule has 12 nitrogen and oxygen atoms in total. The van der Waals surface area contributed by atoms with Crippen molar-refractivity contribution in [1.29, 1.82) is 0 Å². The van der Waals surface area contributed by atoms with E-state index in [9.17, 15) is 14.7 Å². The molecule has 12 heteroatoms. The lowest BCUT2D eigenvalue weighted by molar-refractivity contribution is -0.194. The molecule has 2 amide bonds. The summed E-state index contributed by atoms with van der Waals surface area (Å²) in [6.45, 7) is 6.89. The largest absolute Gasteiger partial charge is 0.474 e. The Morgan fingerprint density at radius 3 is 2.63 bits per heavy atom. The van der Waals surface area contributed by atoms with Crippen LogP contribution in [0.3, 0.4) is 0 Å². The normalized spacial score (nSPS) is 18.5. The van der Waals surface area contributed by atoms with Crippen molar-refractivity contribution in [2.45, 2.75) is 26.3 Å². The molecule has 212 valence electrons. The van der Waals surface area contributed by atoms with E-state index in [1.165, 1.54) is 4.90 Å². The van der Waals surface area contributed by atoms with Crippen LogP contribution in [0.15, 0.2) is 36.7 Å². The molecule has 1 aromatic carbocycles. The van der Waals surface area contributed by atoms with Gasteiger partial charge in [-0.15, -0.1) is 0 Å². The minimum atomic E-state index is -1.02. The Kier molecular flexibility index (Phi) is 6.15. The summed E-state index contributed by atoms with van der Waals surface area (Å²) in [7, 11) is 0. The third-order valence-corrected chi connectivity index (χ3v) is 8.37. The molecule has 0 aliphatic carbocycles. The van der Waals surface area contributed by atoms with Crippen LogP contribution in [-0.4, -0.2) is 83.0 Å². The van der Waals surface area contributed by atoms with Crippen molar-refractivity contribution in [3.05, 3.63) is 59.0 Å². The number of fused-ring (bicyclic) bond motifs is 2. The predicted molar refractivity (Wildman–Crippen MR) is 150 cm³/mol. The zero-order valence-corrected chi connectivity index (χ0v) is 22.8. The van der Waals surface area contributed by atoms with Crippen LogP contribution in [0.2, 0.25) is 0 Å². The Morgan fingerprint density at radius 1 is 1.10 bits per heavy atom. The second-order valence-corrected chi connectivity index (χ2v) is 11.3. The molecule has 6 heterocycles. The van der Waals surface area contributed by atoms with E-state index in [4.69, 9.17) is 14.5 Å². The maximum Gasteiger partial charge on any atom is 0.412 e. The highest BCUT2D eigenvalue weighted by atomic mass is 16.5. The summed E-state index contributed by atoms with van der Waals surface area (Å²) >= 11 is 0. The number of benzene rings is 1. The number of amides is 2. The SMILES string of the molecule is Cc1c(N2CCc3cnc(Nc4ccc(CC(=O)N5CC6(COC6)C5)cc4)nc3C2)cnc2c1N(C(=O)O)CCO2. The average Bonchev–Trinajstić information content (AvgIpc) is 2.92. The molecule has 2 saturated heterocycles. The third kappa shape index (κ3) is 4.67. The van der Waals surface area contributed by atoms with Gasteiger partial charge in [0.15, 0.2) is 0 Å². The van der Waals surface area contributed by atoms with Gasteiger partial charge in [-0.3, -0.25) is 9.69 Å². The van der Waals surface area contributed by atoms with Gasteiger partial charge >= 0.3 is 6.09 Å². The van der Waals surface area contributed by atoms with Crippen LogP contribution in [0.25, 0.3) is 0 Å². The Morgan fingerprint density at radius 2 is 1.90 bits per heavy atom. The van der Waals surface area contributed by atoms with Crippen molar-refractivity contribution < 1.29 is 24.2 Å². The number of nitrogens with zero attached hydrogens (tertiary/aromatic N) is 6. The van der Waals surface area contributed by atoms with Crippen LogP contribution in [0.1, 0.15) is 22.4 Å². The lowest BCUT2D eigenvalue weighted by Gasteiger charge is -2.55. The third-order valence-electron chi connectivity index (χ3n) is 8.37. The minimum Gasteiger partial charge on any atom is -0.474 e. The average molecular weight is 558 g/mol. The first-order valence-corrected chi connectivity index (χ1v) is 13.8. The second-order valence-electron chi connectivity index (χ2n) is 11.3. The number of likely N-dealkylation sites (tertiary alicyclic amines) is 1. The fraction of sp³-hybridized carbons (Fsp3) is 0.414. The van der Waals surface area contributed by atoms with Crippen LogP contribution >= 0.6 is 0 Å². The van der Waals surface area contributed by atoms with Crippen molar-refractivity contribution in [3.8, 4) is 5.88 Å². The van der Waals surface area contributed by atoms with E-state index in [1.54, 1.807) is 6.20 Å². The number of carbonyl (C=O) groups is 2. The van der Waals surface area contributed by atoms with Crippen LogP contribution in [0.5, 0.6) is 5.88 Å². The number of hydrogen-bond donors (Lipinski definition) is 2. The molecule has 7 rings (SSSR count). The molecular weight excluding hydrogens is 526 g/mol. The van der Waals surface area contributed by atoms with Gasteiger partial charge in [-0.1, -0.05) is 12.1 Å². The molecule has 2 aromatic heterocycles. The van der Waals surface area contributed by atoms with Crippen molar-refractivity contribution in [2.24, 2.45) is 5.41 Å². The lowest BCUT2D eigenvalue weighted by Crippen LogP contribution is -2.67. The van der Waals surface area contributed by atoms with Crippen molar-refractivity contribution in [3.63, 3.8) is 0 Å². The number of carboxylic acid groups (broad SMARTS) is 1. The maximum atomic E-state index is 12.6. The van der Waals surface area contributed by atoms with Crippen LogP contribution < -0.4 is 19.9 Å². The molecule has 1 spiro atoms.